The minimum Gasteiger partial charge on any atom is -0.490 e. The topological polar surface area (TPSA) is 87.3 Å². The maximum absolute atomic E-state index is 12.8. The second-order valence-corrected chi connectivity index (χ2v) is 8.29. The first-order valence-electron chi connectivity index (χ1n) is 10.6. The lowest BCUT2D eigenvalue weighted by Crippen LogP contribution is -2.35. The monoisotopic (exact) mass is 468 g/mol. The lowest BCUT2D eigenvalue weighted by atomic mass is 10.1. The van der Waals surface area contributed by atoms with Gasteiger partial charge in [-0.1, -0.05) is 66.7 Å². The molecule has 0 aromatic heterocycles. The number of thioether (sulfide) groups is 1. The molecule has 34 heavy (non-hydrogen) atoms. The number of rotatable bonds is 7. The largest absolute Gasteiger partial charge is 0.490 e. The highest BCUT2D eigenvalue weighted by Crippen LogP contribution is 2.31. The van der Waals surface area contributed by atoms with Gasteiger partial charge < -0.3 is 9.47 Å². The van der Waals surface area contributed by atoms with E-state index in [4.69, 9.17) is 14.9 Å². The van der Waals surface area contributed by atoms with E-state index >= 15 is 0 Å². The zero-order chi connectivity index (χ0) is 23.3. The lowest BCUT2D eigenvalue weighted by Gasteiger charge is -2.20. The average Bonchev–Trinajstić information content (AvgIpc) is 3.30. The van der Waals surface area contributed by atoms with Crippen LogP contribution in [-0.2, 0) is 4.79 Å². The number of benzene rings is 3. The minimum atomic E-state index is -0.476. The summed E-state index contributed by atoms with van der Waals surface area (Å²) in [6, 6.07) is 26.5. The molecule has 2 aliphatic heterocycles. The van der Waals surface area contributed by atoms with Crippen molar-refractivity contribution in [2.75, 3.05) is 13.2 Å². The SMILES string of the molecule is N=C1C(=Cc2ccccc2OCCOc2ccccc2)C(=O)N=C2SC(c3ccccc3)=NN12. The van der Waals surface area contributed by atoms with Crippen LogP contribution in [0.5, 0.6) is 11.5 Å². The third-order valence-corrected chi connectivity index (χ3v) is 6.00. The quantitative estimate of drug-likeness (QED) is 0.397. The standard InChI is InChI=1S/C26H20N4O3S/c27-23-21(24(31)28-26-30(23)29-25(34-26)18-9-3-1-4-10-18)17-19-11-7-8-14-22(19)33-16-15-32-20-12-5-2-6-13-20/h1-14,17,27H,15-16H2. The average molecular weight is 469 g/mol. The van der Waals surface area contributed by atoms with E-state index in [1.807, 2.05) is 84.9 Å². The van der Waals surface area contributed by atoms with E-state index in [1.165, 1.54) is 16.8 Å². The molecule has 168 valence electrons. The van der Waals surface area contributed by atoms with Gasteiger partial charge in [0.25, 0.3) is 5.91 Å². The molecule has 0 atom stereocenters. The molecule has 2 aliphatic rings. The van der Waals surface area contributed by atoms with E-state index in [1.54, 1.807) is 6.08 Å². The summed E-state index contributed by atoms with van der Waals surface area (Å²) in [7, 11) is 0. The Hall–Kier alpha value is -4.17. The van der Waals surface area contributed by atoms with E-state index < -0.39 is 5.91 Å². The number of carbonyl (C=O) groups excluding carboxylic acids is 1. The molecule has 8 heteroatoms. The van der Waals surface area contributed by atoms with E-state index in [0.717, 1.165) is 11.3 Å². The fourth-order valence-electron chi connectivity index (χ4n) is 3.40. The summed E-state index contributed by atoms with van der Waals surface area (Å²) in [4.78, 5) is 16.9. The molecular formula is C26H20N4O3S. The molecule has 0 saturated carbocycles. The van der Waals surface area contributed by atoms with Crippen molar-refractivity contribution in [2.24, 2.45) is 10.1 Å². The summed E-state index contributed by atoms with van der Waals surface area (Å²) in [6.07, 6.45) is 1.62. The van der Waals surface area contributed by atoms with Crippen LogP contribution in [0.4, 0.5) is 0 Å². The zero-order valence-corrected chi connectivity index (χ0v) is 18.9. The summed E-state index contributed by atoms with van der Waals surface area (Å²) in [6.45, 7) is 0.704. The molecular weight excluding hydrogens is 448 g/mol. The van der Waals surface area contributed by atoms with Crippen LogP contribution in [0.1, 0.15) is 11.1 Å². The van der Waals surface area contributed by atoms with Gasteiger partial charge in [0.15, 0.2) is 5.84 Å². The van der Waals surface area contributed by atoms with Gasteiger partial charge in [0.05, 0.1) is 5.57 Å². The summed E-state index contributed by atoms with van der Waals surface area (Å²) < 4.78 is 11.6. The van der Waals surface area contributed by atoms with Crippen LogP contribution >= 0.6 is 11.8 Å². The smallest absolute Gasteiger partial charge is 0.283 e. The van der Waals surface area contributed by atoms with Crippen LogP contribution in [0.3, 0.4) is 0 Å². The Morgan fingerprint density at radius 2 is 1.56 bits per heavy atom. The molecule has 3 aromatic rings. The van der Waals surface area contributed by atoms with Gasteiger partial charge in [-0.2, -0.15) is 15.1 Å². The van der Waals surface area contributed by atoms with E-state index in [2.05, 4.69) is 10.1 Å². The second kappa shape index (κ2) is 9.76. The van der Waals surface area contributed by atoms with Crippen molar-refractivity contribution in [2.45, 2.75) is 0 Å². The minimum absolute atomic E-state index is 0.0179. The Morgan fingerprint density at radius 3 is 2.35 bits per heavy atom. The number of hydrogen-bond donors (Lipinski definition) is 1. The number of nitrogens with zero attached hydrogens (tertiary/aromatic N) is 3. The molecule has 0 unspecified atom stereocenters. The number of fused-ring (bicyclic) bond motifs is 1. The Labute approximate surface area is 200 Å². The summed E-state index contributed by atoms with van der Waals surface area (Å²) in [5.74, 6) is 0.868. The number of hydrazone groups is 1. The number of hydrogen-bond acceptors (Lipinski definition) is 6. The number of carbonyl (C=O) groups is 1. The number of amidine groups is 2. The van der Waals surface area contributed by atoms with Crippen molar-refractivity contribution in [3.05, 3.63) is 102 Å². The molecule has 1 N–H and O–H groups in total. The van der Waals surface area contributed by atoms with E-state index in [0.29, 0.717) is 34.7 Å². The Kier molecular flexibility index (Phi) is 6.22. The molecule has 7 nitrogen and oxygen atoms in total. The molecule has 2 heterocycles. The summed E-state index contributed by atoms with van der Waals surface area (Å²) >= 11 is 1.28. The van der Waals surface area contributed by atoms with Crippen LogP contribution in [0.2, 0.25) is 0 Å². The first-order chi connectivity index (χ1) is 16.7. The highest BCUT2D eigenvalue weighted by Gasteiger charge is 2.36. The van der Waals surface area contributed by atoms with Crippen molar-refractivity contribution in [3.8, 4) is 11.5 Å². The maximum Gasteiger partial charge on any atom is 0.283 e. The van der Waals surface area contributed by atoms with Crippen LogP contribution in [0, 0.1) is 5.41 Å². The normalized spacial score (nSPS) is 16.2. The Morgan fingerprint density at radius 1 is 0.882 bits per heavy atom. The molecule has 0 spiro atoms. The molecule has 5 rings (SSSR count). The zero-order valence-electron chi connectivity index (χ0n) is 18.0. The number of nitrogens with one attached hydrogen (secondary N) is 1. The number of aliphatic imine (C=N–C) groups is 1. The van der Waals surface area contributed by atoms with Crippen molar-refractivity contribution < 1.29 is 14.3 Å². The van der Waals surface area contributed by atoms with Crippen LogP contribution in [-0.4, -0.2) is 40.2 Å². The van der Waals surface area contributed by atoms with Gasteiger partial charge in [-0.25, -0.2) is 0 Å². The van der Waals surface area contributed by atoms with Crippen LogP contribution in [0.25, 0.3) is 6.08 Å². The number of amides is 1. The van der Waals surface area contributed by atoms with E-state index in [9.17, 15) is 4.79 Å². The molecule has 0 bridgehead atoms. The van der Waals surface area contributed by atoms with Crippen LogP contribution < -0.4 is 9.47 Å². The number of ether oxygens (including phenoxy) is 2. The first-order valence-corrected chi connectivity index (χ1v) is 11.5. The Bertz CT molecular complexity index is 1320. The summed E-state index contributed by atoms with van der Waals surface area (Å²) in [5, 5.41) is 15.6. The van der Waals surface area contributed by atoms with Gasteiger partial charge in [0.2, 0.25) is 5.17 Å². The maximum atomic E-state index is 12.8. The third-order valence-electron chi connectivity index (χ3n) is 5.05. The van der Waals surface area contributed by atoms with Crippen molar-refractivity contribution in [1.82, 2.24) is 5.01 Å². The second-order valence-electron chi connectivity index (χ2n) is 7.34. The van der Waals surface area contributed by atoms with Gasteiger partial charge >= 0.3 is 0 Å². The highest BCUT2D eigenvalue weighted by molar-refractivity contribution is 8.27. The van der Waals surface area contributed by atoms with Crippen molar-refractivity contribution in [1.29, 1.82) is 5.41 Å². The molecule has 0 aliphatic carbocycles. The highest BCUT2D eigenvalue weighted by atomic mass is 32.2. The fraction of sp³-hybridized carbons (Fsp3) is 0.0769. The van der Waals surface area contributed by atoms with Gasteiger partial charge in [0, 0.05) is 11.1 Å². The van der Waals surface area contributed by atoms with Crippen molar-refractivity contribution in [3.63, 3.8) is 0 Å². The molecule has 0 fully saturated rings. The Balaban J connectivity index is 1.32. The lowest BCUT2D eigenvalue weighted by molar-refractivity contribution is -0.114. The molecule has 0 radical (unpaired) electrons. The summed E-state index contributed by atoms with van der Waals surface area (Å²) in [5.41, 5.74) is 1.74. The van der Waals surface area contributed by atoms with Crippen LogP contribution in [0.15, 0.2) is 101 Å². The first kappa shape index (κ1) is 21.7. The van der Waals surface area contributed by atoms with Gasteiger partial charge in [0.1, 0.15) is 29.8 Å². The number of para-hydroxylation sites is 2. The molecule has 0 saturated heterocycles. The van der Waals surface area contributed by atoms with Gasteiger partial charge in [-0.3, -0.25) is 10.2 Å². The predicted molar refractivity (Wildman–Crippen MR) is 134 cm³/mol. The van der Waals surface area contributed by atoms with E-state index in [-0.39, 0.29) is 11.4 Å². The molecule has 1 amide bonds. The predicted octanol–water partition coefficient (Wildman–Crippen LogP) is 4.81. The fourth-order valence-corrected chi connectivity index (χ4v) is 4.30. The molecule has 3 aromatic carbocycles. The van der Waals surface area contributed by atoms with Gasteiger partial charge in [-0.15, -0.1) is 0 Å². The van der Waals surface area contributed by atoms with Gasteiger partial charge in [-0.05, 0) is 36.0 Å². The van der Waals surface area contributed by atoms with Crippen molar-refractivity contribution >= 4 is 39.8 Å². The third kappa shape index (κ3) is 4.62.